The highest BCUT2D eigenvalue weighted by Gasteiger charge is 2.11. The molecule has 0 spiro atoms. The van der Waals surface area contributed by atoms with E-state index < -0.39 is 11.9 Å². The van der Waals surface area contributed by atoms with Gasteiger partial charge in [-0.05, 0) is 55.0 Å². The van der Waals surface area contributed by atoms with E-state index in [-0.39, 0.29) is 5.57 Å². The van der Waals surface area contributed by atoms with Gasteiger partial charge in [0.2, 0.25) is 0 Å². The van der Waals surface area contributed by atoms with Crippen LogP contribution in [0, 0.1) is 11.3 Å². The van der Waals surface area contributed by atoms with Crippen LogP contribution >= 0.6 is 11.6 Å². The fourth-order valence-electron chi connectivity index (χ4n) is 1.98. The van der Waals surface area contributed by atoms with Crippen molar-refractivity contribution in [3.8, 4) is 6.07 Å². The van der Waals surface area contributed by atoms with E-state index in [2.05, 4.69) is 5.32 Å². The van der Waals surface area contributed by atoms with Crippen molar-refractivity contribution in [2.24, 2.45) is 0 Å². The van der Waals surface area contributed by atoms with Crippen LogP contribution in [0.3, 0.4) is 0 Å². The molecule has 0 saturated carbocycles. The monoisotopic (exact) mass is 354 g/mol. The standard InChI is InChI=1S/C19H15ClN2O3/c1-2-25-19(24)14-5-9-17(10-6-14)22-18(23)15(12-21)11-13-3-7-16(20)8-4-13/h3-11H,2H2,1H3,(H,22,23). The van der Waals surface area contributed by atoms with E-state index in [0.29, 0.717) is 28.4 Å². The fourth-order valence-corrected chi connectivity index (χ4v) is 2.10. The topological polar surface area (TPSA) is 79.2 Å². The van der Waals surface area contributed by atoms with Crippen LogP contribution in [0.4, 0.5) is 5.69 Å². The van der Waals surface area contributed by atoms with Crippen molar-refractivity contribution in [3.63, 3.8) is 0 Å². The quantitative estimate of drug-likeness (QED) is 0.499. The molecule has 0 aromatic heterocycles. The van der Waals surface area contributed by atoms with Crippen molar-refractivity contribution in [2.75, 3.05) is 11.9 Å². The van der Waals surface area contributed by atoms with E-state index in [9.17, 15) is 14.9 Å². The van der Waals surface area contributed by atoms with E-state index in [4.69, 9.17) is 16.3 Å². The van der Waals surface area contributed by atoms with E-state index >= 15 is 0 Å². The van der Waals surface area contributed by atoms with Crippen LogP contribution in [0.25, 0.3) is 6.08 Å². The van der Waals surface area contributed by atoms with E-state index in [0.717, 1.165) is 0 Å². The van der Waals surface area contributed by atoms with Crippen LogP contribution in [-0.2, 0) is 9.53 Å². The van der Waals surface area contributed by atoms with Gasteiger partial charge in [-0.2, -0.15) is 5.26 Å². The maximum Gasteiger partial charge on any atom is 0.338 e. The lowest BCUT2D eigenvalue weighted by Crippen LogP contribution is -2.13. The summed E-state index contributed by atoms with van der Waals surface area (Å²) in [6.07, 6.45) is 1.47. The lowest BCUT2D eigenvalue weighted by molar-refractivity contribution is -0.112. The molecule has 0 saturated heterocycles. The van der Waals surface area contributed by atoms with Crippen LogP contribution in [0.5, 0.6) is 0 Å². The molecular weight excluding hydrogens is 340 g/mol. The number of amides is 1. The summed E-state index contributed by atoms with van der Waals surface area (Å²) in [4.78, 5) is 23.8. The summed E-state index contributed by atoms with van der Waals surface area (Å²) in [5.41, 5.74) is 1.50. The molecule has 0 radical (unpaired) electrons. The number of nitriles is 1. The van der Waals surface area contributed by atoms with Crippen molar-refractivity contribution in [3.05, 3.63) is 70.3 Å². The molecule has 5 nitrogen and oxygen atoms in total. The van der Waals surface area contributed by atoms with Gasteiger partial charge in [0.15, 0.2) is 0 Å². The highest BCUT2D eigenvalue weighted by atomic mass is 35.5. The number of carbonyl (C=O) groups is 2. The van der Waals surface area contributed by atoms with Gasteiger partial charge in [0, 0.05) is 10.7 Å². The number of hydrogen-bond acceptors (Lipinski definition) is 4. The molecule has 2 rings (SSSR count). The number of halogens is 1. The molecule has 126 valence electrons. The van der Waals surface area contributed by atoms with Crippen LogP contribution in [0.2, 0.25) is 5.02 Å². The number of ether oxygens (including phenoxy) is 1. The van der Waals surface area contributed by atoms with Crippen LogP contribution in [-0.4, -0.2) is 18.5 Å². The molecule has 25 heavy (non-hydrogen) atoms. The van der Waals surface area contributed by atoms with E-state index in [1.807, 2.05) is 6.07 Å². The Morgan fingerprint density at radius 3 is 2.36 bits per heavy atom. The number of benzene rings is 2. The maximum absolute atomic E-state index is 12.2. The zero-order chi connectivity index (χ0) is 18.2. The SMILES string of the molecule is CCOC(=O)c1ccc(NC(=O)C(C#N)=Cc2ccc(Cl)cc2)cc1. The molecule has 0 heterocycles. The Kier molecular flexibility index (Phi) is 6.33. The molecule has 2 aromatic rings. The third-order valence-electron chi connectivity index (χ3n) is 3.20. The minimum Gasteiger partial charge on any atom is -0.462 e. The second-order valence-corrected chi connectivity index (χ2v) is 5.41. The molecule has 0 fully saturated rings. The second-order valence-electron chi connectivity index (χ2n) is 4.97. The molecule has 0 atom stereocenters. The van der Waals surface area contributed by atoms with Gasteiger partial charge in [-0.1, -0.05) is 23.7 Å². The lowest BCUT2D eigenvalue weighted by atomic mass is 10.1. The molecule has 0 aliphatic rings. The Bertz CT molecular complexity index is 834. The van der Waals surface area contributed by atoms with E-state index in [1.54, 1.807) is 55.5 Å². The summed E-state index contributed by atoms with van der Waals surface area (Å²) < 4.78 is 4.89. The number of esters is 1. The Morgan fingerprint density at radius 2 is 1.80 bits per heavy atom. The zero-order valence-electron chi connectivity index (χ0n) is 13.5. The van der Waals surface area contributed by atoms with Gasteiger partial charge in [-0.25, -0.2) is 4.79 Å². The van der Waals surface area contributed by atoms with Crippen LogP contribution < -0.4 is 5.32 Å². The van der Waals surface area contributed by atoms with Gasteiger partial charge >= 0.3 is 5.97 Å². The van der Waals surface area contributed by atoms with Crippen molar-refractivity contribution in [2.45, 2.75) is 6.92 Å². The average molecular weight is 355 g/mol. The predicted octanol–water partition coefficient (Wildman–Crippen LogP) is 4.06. The fraction of sp³-hybridized carbons (Fsp3) is 0.105. The largest absolute Gasteiger partial charge is 0.462 e. The van der Waals surface area contributed by atoms with Gasteiger partial charge in [0.25, 0.3) is 5.91 Å². The third-order valence-corrected chi connectivity index (χ3v) is 3.45. The van der Waals surface area contributed by atoms with Crippen molar-refractivity contribution in [1.82, 2.24) is 0 Å². The molecular formula is C19H15ClN2O3. The van der Waals surface area contributed by atoms with Gasteiger partial charge in [-0.15, -0.1) is 0 Å². The predicted molar refractivity (Wildman–Crippen MR) is 96.1 cm³/mol. The number of nitrogens with zero attached hydrogens (tertiary/aromatic N) is 1. The molecule has 0 bridgehead atoms. The summed E-state index contributed by atoms with van der Waals surface area (Å²) in [6, 6.07) is 14.9. The van der Waals surface area contributed by atoms with Crippen molar-refractivity contribution in [1.29, 1.82) is 5.26 Å². The molecule has 2 aromatic carbocycles. The lowest BCUT2D eigenvalue weighted by Gasteiger charge is -2.06. The Balaban J connectivity index is 2.10. The first-order valence-electron chi connectivity index (χ1n) is 7.49. The molecule has 1 amide bonds. The van der Waals surface area contributed by atoms with Crippen molar-refractivity contribution >= 4 is 35.2 Å². The van der Waals surface area contributed by atoms with E-state index in [1.165, 1.54) is 6.08 Å². The number of rotatable bonds is 5. The maximum atomic E-state index is 12.2. The van der Waals surface area contributed by atoms with Crippen molar-refractivity contribution < 1.29 is 14.3 Å². The van der Waals surface area contributed by atoms with Gasteiger partial charge in [0.05, 0.1) is 12.2 Å². The highest BCUT2D eigenvalue weighted by Crippen LogP contribution is 2.15. The second kappa shape index (κ2) is 8.67. The molecule has 0 aliphatic carbocycles. The smallest absolute Gasteiger partial charge is 0.338 e. The highest BCUT2D eigenvalue weighted by molar-refractivity contribution is 6.30. The first-order chi connectivity index (χ1) is 12.0. The molecule has 6 heteroatoms. The first kappa shape index (κ1) is 18.2. The number of carbonyl (C=O) groups excluding carboxylic acids is 2. The van der Waals surface area contributed by atoms with Crippen LogP contribution in [0.15, 0.2) is 54.1 Å². The Morgan fingerprint density at radius 1 is 1.16 bits per heavy atom. The summed E-state index contributed by atoms with van der Waals surface area (Å²) in [5, 5.41) is 12.4. The number of nitrogens with one attached hydrogen (secondary N) is 1. The summed E-state index contributed by atoms with van der Waals surface area (Å²) in [5.74, 6) is -0.970. The Labute approximate surface area is 150 Å². The molecule has 0 unspecified atom stereocenters. The minimum absolute atomic E-state index is 0.0446. The molecule has 0 aliphatic heterocycles. The van der Waals surface area contributed by atoms with Crippen LogP contribution in [0.1, 0.15) is 22.8 Å². The normalized spacial score (nSPS) is 10.7. The number of hydrogen-bond donors (Lipinski definition) is 1. The van der Waals surface area contributed by atoms with Gasteiger partial charge in [-0.3, -0.25) is 4.79 Å². The minimum atomic E-state index is -0.540. The Hall–Kier alpha value is -3.10. The summed E-state index contributed by atoms with van der Waals surface area (Å²) in [6.45, 7) is 2.02. The third kappa shape index (κ3) is 5.20. The first-order valence-corrected chi connectivity index (χ1v) is 7.87. The van der Waals surface area contributed by atoms with Gasteiger partial charge < -0.3 is 10.1 Å². The zero-order valence-corrected chi connectivity index (χ0v) is 14.2. The number of anilines is 1. The average Bonchev–Trinajstić information content (AvgIpc) is 2.62. The summed E-state index contributed by atoms with van der Waals surface area (Å²) in [7, 11) is 0. The van der Waals surface area contributed by atoms with Gasteiger partial charge in [0.1, 0.15) is 11.6 Å². The summed E-state index contributed by atoms with van der Waals surface area (Å²) >= 11 is 5.81. The molecule has 1 N–H and O–H groups in total.